The molecule has 0 radical (unpaired) electrons. The van der Waals surface area contributed by atoms with Gasteiger partial charge in [0.1, 0.15) is 5.75 Å². The number of amides is 1. The molecule has 36 heavy (non-hydrogen) atoms. The molecule has 2 aliphatic rings. The van der Waals surface area contributed by atoms with E-state index in [1.54, 1.807) is 24.3 Å². The molecule has 1 saturated heterocycles. The van der Waals surface area contributed by atoms with Crippen LogP contribution in [-0.2, 0) is 21.4 Å². The molecule has 0 spiro atoms. The van der Waals surface area contributed by atoms with E-state index in [0.717, 1.165) is 17.7 Å². The smallest absolute Gasteiger partial charge is 0.308 e. The van der Waals surface area contributed by atoms with Gasteiger partial charge in [0.2, 0.25) is 5.91 Å². The zero-order chi connectivity index (χ0) is 25.9. The minimum atomic E-state index is -0.992. The molecule has 2 aromatic carbocycles. The summed E-state index contributed by atoms with van der Waals surface area (Å²) in [5, 5.41) is 16.1. The summed E-state index contributed by atoms with van der Waals surface area (Å²) in [6.07, 6.45) is 4.54. The summed E-state index contributed by atoms with van der Waals surface area (Å²) in [6.45, 7) is 7.23. The van der Waals surface area contributed by atoms with E-state index in [9.17, 15) is 14.7 Å². The number of likely N-dealkylation sites (tertiary alicyclic amines) is 1. The Morgan fingerprint density at radius 1 is 1.22 bits per heavy atom. The lowest BCUT2D eigenvalue weighted by Crippen LogP contribution is -2.67. The predicted molar refractivity (Wildman–Crippen MR) is 142 cm³/mol. The topological polar surface area (TPSA) is 78.9 Å². The van der Waals surface area contributed by atoms with E-state index in [1.807, 2.05) is 24.3 Å². The maximum absolute atomic E-state index is 12.9. The van der Waals surface area contributed by atoms with E-state index in [1.165, 1.54) is 6.92 Å². The third-order valence-electron chi connectivity index (χ3n) is 7.48. The summed E-state index contributed by atoms with van der Waals surface area (Å²) in [4.78, 5) is 26.7. The van der Waals surface area contributed by atoms with Crippen LogP contribution >= 0.6 is 23.2 Å². The Hall–Kier alpha value is -2.38. The number of nitrogens with zero attached hydrogens (tertiary/aromatic N) is 1. The number of hydrogen-bond donors (Lipinski definition) is 2. The van der Waals surface area contributed by atoms with Crippen molar-refractivity contribution in [3.05, 3.63) is 76.3 Å². The molecule has 2 aromatic rings. The maximum Gasteiger partial charge on any atom is 0.308 e. The van der Waals surface area contributed by atoms with Gasteiger partial charge in [0.05, 0.1) is 22.1 Å². The minimum Gasteiger partial charge on any atom is -0.427 e. The first kappa shape index (κ1) is 26.7. The monoisotopic (exact) mass is 530 g/mol. The van der Waals surface area contributed by atoms with Gasteiger partial charge in [-0.3, -0.25) is 14.5 Å². The number of β-amino-alcohol motifs (C(OH)–C–C–N with tert-alkyl or cyclic N) is 1. The summed E-state index contributed by atoms with van der Waals surface area (Å²) in [5.41, 5.74) is 0.121. The average Bonchev–Trinajstić information content (AvgIpc) is 2.81. The predicted octanol–water partition coefficient (Wildman–Crippen LogP) is 4.69. The van der Waals surface area contributed by atoms with Crippen LogP contribution < -0.4 is 10.1 Å². The molecule has 192 valence electrons. The van der Waals surface area contributed by atoms with E-state index in [-0.39, 0.29) is 18.4 Å². The molecule has 1 saturated carbocycles. The van der Waals surface area contributed by atoms with Crippen LogP contribution in [0.3, 0.4) is 0 Å². The SMILES string of the molecule is C=CCN1CC[C@@]2(c3cccc(OC(C)=O)c3)C[C@H](NC(=O)Cc3ccc(Cl)c(Cl)c3)CC[C@]2(O)C1. The highest BCUT2D eigenvalue weighted by molar-refractivity contribution is 6.42. The molecule has 2 N–H and O–H groups in total. The standard InChI is InChI=1S/C28H32Cl2N2O4/c1-3-12-32-13-11-27(21-5-4-6-23(16-21)36-19(2)33)17-22(9-10-28(27,35)18-32)31-26(34)15-20-7-8-24(29)25(30)14-20/h3-8,14,16,22,35H,1,9-13,15,17-18H2,2H3,(H,31,34)/t22-,27+,28+/m1/s1. The van der Waals surface area contributed by atoms with E-state index in [2.05, 4.69) is 16.8 Å². The fourth-order valence-electron chi connectivity index (χ4n) is 5.86. The van der Waals surface area contributed by atoms with Gasteiger partial charge in [-0.25, -0.2) is 0 Å². The van der Waals surface area contributed by atoms with Gasteiger partial charge in [-0.15, -0.1) is 6.58 Å². The molecule has 2 fully saturated rings. The van der Waals surface area contributed by atoms with Crippen molar-refractivity contribution < 1.29 is 19.4 Å². The minimum absolute atomic E-state index is 0.100. The number of piperidine rings is 1. The number of carbonyl (C=O) groups excluding carboxylic acids is 2. The first-order valence-corrected chi connectivity index (χ1v) is 13.0. The number of fused-ring (bicyclic) bond motifs is 1. The largest absolute Gasteiger partial charge is 0.427 e. The Bertz CT molecular complexity index is 1160. The van der Waals surface area contributed by atoms with Gasteiger partial charge in [-0.1, -0.05) is 47.5 Å². The number of carbonyl (C=O) groups is 2. The molecular weight excluding hydrogens is 499 g/mol. The van der Waals surface area contributed by atoms with Crippen LogP contribution in [0.4, 0.5) is 0 Å². The van der Waals surface area contributed by atoms with Crippen molar-refractivity contribution in [2.75, 3.05) is 19.6 Å². The highest BCUT2D eigenvalue weighted by Gasteiger charge is 2.57. The first-order valence-electron chi connectivity index (χ1n) is 12.2. The normalized spacial score (nSPS) is 26.1. The molecule has 6 nitrogen and oxygen atoms in total. The van der Waals surface area contributed by atoms with Crippen molar-refractivity contribution in [2.24, 2.45) is 0 Å². The van der Waals surface area contributed by atoms with Crippen molar-refractivity contribution in [1.29, 1.82) is 0 Å². The van der Waals surface area contributed by atoms with Crippen LogP contribution in [0.15, 0.2) is 55.1 Å². The van der Waals surface area contributed by atoms with E-state index in [4.69, 9.17) is 27.9 Å². The zero-order valence-corrected chi connectivity index (χ0v) is 21.9. The van der Waals surface area contributed by atoms with Crippen molar-refractivity contribution in [3.63, 3.8) is 0 Å². The molecule has 0 unspecified atom stereocenters. The number of benzene rings is 2. The Kier molecular flexibility index (Phi) is 8.10. The summed E-state index contributed by atoms with van der Waals surface area (Å²) >= 11 is 12.1. The second-order valence-corrected chi connectivity index (χ2v) is 10.8. The van der Waals surface area contributed by atoms with Gasteiger partial charge in [-0.05, 0) is 67.6 Å². The van der Waals surface area contributed by atoms with Crippen molar-refractivity contribution >= 4 is 35.1 Å². The third kappa shape index (κ3) is 5.62. The maximum atomic E-state index is 12.9. The lowest BCUT2D eigenvalue weighted by molar-refractivity contribution is -0.133. The van der Waals surface area contributed by atoms with Gasteiger partial charge in [0.15, 0.2) is 0 Å². The summed E-state index contributed by atoms with van der Waals surface area (Å²) in [7, 11) is 0. The van der Waals surface area contributed by atoms with Crippen LogP contribution in [0.2, 0.25) is 10.0 Å². The molecule has 1 heterocycles. The number of ether oxygens (including phenoxy) is 1. The lowest BCUT2D eigenvalue weighted by atomic mass is 9.55. The third-order valence-corrected chi connectivity index (χ3v) is 8.22. The van der Waals surface area contributed by atoms with Gasteiger partial charge in [0.25, 0.3) is 0 Å². The Morgan fingerprint density at radius 3 is 2.75 bits per heavy atom. The van der Waals surface area contributed by atoms with Gasteiger partial charge >= 0.3 is 5.97 Å². The molecular formula is C28H32Cl2N2O4. The van der Waals surface area contributed by atoms with E-state index >= 15 is 0 Å². The lowest BCUT2D eigenvalue weighted by Gasteiger charge is -2.58. The summed E-state index contributed by atoms with van der Waals surface area (Å²) < 4.78 is 5.36. The highest BCUT2D eigenvalue weighted by atomic mass is 35.5. The Labute approximate surface area is 222 Å². The van der Waals surface area contributed by atoms with Crippen LogP contribution in [-0.4, -0.2) is 53.2 Å². The first-order chi connectivity index (χ1) is 17.1. The number of rotatable bonds is 7. The van der Waals surface area contributed by atoms with Gasteiger partial charge < -0.3 is 15.2 Å². The zero-order valence-electron chi connectivity index (χ0n) is 20.4. The van der Waals surface area contributed by atoms with Gasteiger partial charge in [-0.2, -0.15) is 0 Å². The number of nitrogens with one attached hydrogen (secondary N) is 1. The fourth-order valence-corrected chi connectivity index (χ4v) is 6.18. The number of esters is 1. The highest BCUT2D eigenvalue weighted by Crippen LogP contribution is 2.52. The molecule has 4 rings (SSSR count). The molecule has 0 aromatic heterocycles. The number of aliphatic hydroxyl groups is 1. The molecule has 8 heteroatoms. The molecule has 1 aliphatic carbocycles. The Morgan fingerprint density at radius 2 is 2.03 bits per heavy atom. The second kappa shape index (κ2) is 10.9. The average molecular weight is 531 g/mol. The van der Waals surface area contributed by atoms with E-state index in [0.29, 0.717) is 54.6 Å². The van der Waals surface area contributed by atoms with Crippen molar-refractivity contribution in [2.45, 2.75) is 56.1 Å². The summed E-state index contributed by atoms with van der Waals surface area (Å²) in [6, 6.07) is 12.5. The van der Waals surface area contributed by atoms with Crippen LogP contribution in [0.1, 0.15) is 43.7 Å². The second-order valence-electron chi connectivity index (χ2n) is 9.94. The molecule has 1 amide bonds. The van der Waals surface area contributed by atoms with Crippen LogP contribution in [0, 0.1) is 0 Å². The molecule has 1 aliphatic heterocycles. The van der Waals surface area contributed by atoms with Crippen LogP contribution in [0.25, 0.3) is 0 Å². The Balaban J connectivity index is 1.59. The van der Waals surface area contributed by atoms with E-state index < -0.39 is 17.0 Å². The molecule has 3 atom stereocenters. The fraction of sp³-hybridized carbons (Fsp3) is 0.429. The number of halogens is 2. The quantitative estimate of drug-likeness (QED) is 0.308. The number of hydrogen-bond acceptors (Lipinski definition) is 5. The van der Waals surface area contributed by atoms with Crippen molar-refractivity contribution in [3.8, 4) is 5.75 Å². The summed E-state index contributed by atoms with van der Waals surface area (Å²) in [5.74, 6) is -0.0374. The van der Waals surface area contributed by atoms with Crippen molar-refractivity contribution in [1.82, 2.24) is 10.2 Å². The van der Waals surface area contributed by atoms with Gasteiger partial charge in [0, 0.05) is 31.5 Å². The molecule has 0 bridgehead atoms. The van der Waals surface area contributed by atoms with Crippen LogP contribution in [0.5, 0.6) is 5.75 Å².